The Morgan fingerprint density at radius 1 is 1.15 bits per heavy atom. The molecule has 1 saturated heterocycles. The number of ketones is 1. The van der Waals surface area contributed by atoms with Crippen LogP contribution in [0.3, 0.4) is 0 Å². The Bertz CT molecular complexity index is 1220. The molecule has 0 bridgehead atoms. The number of aliphatic hydroxyl groups is 1. The first-order valence-electron chi connectivity index (χ1n) is 10.4. The van der Waals surface area contributed by atoms with Crippen LogP contribution in [0, 0.1) is 0 Å². The minimum absolute atomic E-state index is 0.0884. The molecule has 0 aliphatic carbocycles. The van der Waals surface area contributed by atoms with Crippen LogP contribution in [-0.4, -0.2) is 30.5 Å². The molecule has 2 heterocycles. The van der Waals surface area contributed by atoms with Crippen molar-refractivity contribution >= 4 is 34.7 Å². The van der Waals surface area contributed by atoms with Crippen molar-refractivity contribution in [2.45, 2.75) is 19.4 Å². The number of aliphatic hydroxyl groups excluding tert-OH is 1. The van der Waals surface area contributed by atoms with Gasteiger partial charge >= 0.3 is 0 Å². The summed E-state index contributed by atoms with van der Waals surface area (Å²) in [6, 6.07) is 13.8. The fraction of sp³-hybridized carbons (Fsp3) is 0.200. The summed E-state index contributed by atoms with van der Waals surface area (Å²) in [7, 11) is 1.48. The topological polar surface area (TPSA) is 89.2 Å². The van der Waals surface area contributed by atoms with Crippen LogP contribution >= 0.6 is 11.6 Å². The van der Waals surface area contributed by atoms with Gasteiger partial charge in [0, 0.05) is 11.3 Å². The van der Waals surface area contributed by atoms with Crippen LogP contribution in [0.25, 0.3) is 5.76 Å². The van der Waals surface area contributed by atoms with E-state index in [1.54, 1.807) is 48.5 Å². The summed E-state index contributed by atoms with van der Waals surface area (Å²) in [6.45, 7) is 2.50. The smallest absolute Gasteiger partial charge is 0.300 e. The Balaban J connectivity index is 1.85. The number of benzene rings is 2. The van der Waals surface area contributed by atoms with Crippen molar-refractivity contribution in [1.29, 1.82) is 0 Å². The van der Waals surface area contributed by atoms with Crippen LogP contribution in [0.1, 0.15) is 30.7 Å². The Hall–Kier alpha value is -3.71. The molecule has 1 aliphatic heterocycles. The van der Waals surface area contributed by atoms with Crippen molar-refractivity contribution in [3.05, 3.63) is 82.8 Å². The molecule has 0 saturated carbocycles. The monoisotopic (exact) mass is 467 g/mol. The second-order valence-electron chi connectivity index (χ2n) is 7.38. The van der Waals surface area contributed by atoms with Crippen molar-refractivity contribution in [3.63, 3.8) is 0 Å². The average Bonchev–Trinajstić information content (AvgIpc) is 3.44. The predicted molar refractivity (Wildman–Crippen MR) is 124 cm³/mol. The van der Waals surface area contributed by atoms with Gasteiger partial charge in [0.2, 0.25) is 0 Å². The lowest BCUT2D eigenvalue weighted by Crippen LogP contribution is -2.29. The molecule has 1 amide bonds. The summed E-state index contributed by atoms with van der Waals surface area (Å²) in [5, 5.41) is 11.4. The Kier molecular flexibility index (Phi) is 6.42. The van der Waals surface area contributed by atoms with Gasteiger partial charge in [0.05, 0.1) is 30.6 Å². The van der Waals surface area contributed by atoms with E-state index >= 15 is 0 Å². The van der Waals surface area contributed by atoms with Gasteiger partial charge in [-0.25, -0.2) is 0 Å². The first kappa shape index (κ1) is 22.5. The van der Waals surface area contributed by atoms with Gasteiger partial charge in [-0.05, 0) is 48.9 Å². The first-order chi connectivity index (χ1) is 16.0. The summed E-state index contributed by atoms with van der Waals surface area (Å²) in [6.07, 6.45) is 2.26. The van der Waals surface area contributed by atoms with E-state index in [9.17, 15) is 14.7 Å². The molecule has 4 rings (SSSR count). The highest BCUT2D eigenvalue weighted by Gasteiger charge is 2.48. The maximum atomic E-state index is 13.1. The molecular formula is C25H22ClNO6. The highest BCUT2D eigenvalue weighted by molar-refractivity contribution is 6.51. The molecule has 1 unspecified atom stereocenters. The van der Waals surface area contributed by atoms with Gasteiger partial charge in [-0.2, -0.15) is 0 Å². The largest absolute Gasteiger partial charge is 0.507 e. The number of Topliss-reactive ketones (excluding diaryl/α,β-unsaturated/α-hetero) is 1. The molecule has 1 N–H and O–H groups in total. The van der Waals surface area contributed by atoms with Gasteiger partial charge in [-0.1, -0.05) is 30.7 Å². The number of rotatable bonds is 7. The van der Waals surface area contributed by atoms with Crippen molar-refractivity contribution in [2.75, 3.05) is 18.6 Å². The number of carbonyl (C=O) groups is 2. The molecule has 0 radical (unpaired) electrons. The molecular weight excluding hydrogens is 446 g/mol. The summed E-state index contributed by atoms with van der Waals surface area (Å²) < 4.78 is 16.4. The van der Waals surface area contributed by atoms with E-state index in [0.29, 0.717) is 35.1 Å². The number of methoxy groups -OCH3 is 1. The average molecular weight is 468 g/mol. The summed E-state index contributed by atoms with van der Waals surface area (Å²) in [5.74, 6) is -0.666. The summed E-state index contributed by atoms with van der Waals surface area (Å²) >= 11 is 6.27. The lowest BCUT2D eigenvalue weighted by molar-refractivity contribution is -0.132. The number of amides is 1. The van der Waals surface area contributed by atoms with E-state index in [2.05, 4.69) is 0 Å². The highest BCUT2D eigenvalue weighted by Crippen LogP contribution is 2.43. The third-order valence-corrected chi connectivity index (χ3v) is 5.55. The molecule has 8 heteroatoms. The molecule has 0 spiro atoms. The van der Waals surface area contributed by atoms with E-state index in [1.807, 2.05) is 6.92 Å². The van der Waals surface area contributed by atoms with Gasteiger partial charge in [-0.3, -0.25) is 14.5 Å². The quantitative estimate of drug-likeness (QED) is 0.286. The first-order valence-corrected chi connectivity index (χ1v) is 10.7. The summed E-state index contributed by atoms with van der Waals surface area (Å²) in [4.78, 5) is 27.5. The molecule has 1 fully saturated rings. The zero-order valence-electron chi connectivity index (χ0n) is 18.1. The highest BCUT2D eigenvalue weighted by atomic mass is 35.5. The SMILES string of the molecule is CCCOc1cccc(/C(O)=C2/C(=O)C(=O)N(c3ccc(OC)c(Cl)c3)C2c2ccco2)c1. The lowest BCUT2D eigenvalue weighted by atomic mass is 9.99. The molecule has 33 heavy (non-hydrogen) atoms. The molecule has 1 atom stereocenters. The van der Waals surface area contributed by atoms with Gasteiger partial charge in [0.25, 0.3) is 11.7 Å². The molecule has 2 aromatic carbocycles. The lowest BCUT2D eigenvalue weighted by Gasteiger charge is -2.24. The van der Waals surface area contributed by atoms with Crippen LogP contribution in [0.5, 0.6) is 11.5 Å². The van der Waals surface area contributed by atoms with Gasteiger partial charge in [0.15, 0.2) is 0 Å². The number of furan rings is 1. The summed E-state index contributed by atoms with van der Waals surface area (Å²) in [5.41, 5.74) is 0.629. The van der Waals surface area contributed by atoms with E-state index in [-0.39, 0.29) is 16.4 Å². The van der Waals surface area contributed by atoms with Crippen LogP contribution < -0.4 is 14.4 Å². The Morgan fingerprint density at radius 2 is 1.97 bits per heavy atom. The number of halogens is 1. The third kappa shape index (κ3) is 4.19. The zero-order chi connectivity index (χ0) is 23.5. The maximum absolute atomic E-state index is 13.1. The fourth-order valence-corrected chi connectivity index (χ4v) is 3.98. The Labute approximate surface area is 195 Å². The minimum atomic E-state index is -0.982. The van der Waals surface area contributed by atoms with Gasteiger partial charge in [-0.15, -0.1) is 0 Å². The van der Waals surface area contributed by atoms with E-state index in [1.165, 1.54) is 24.3 Å². The van der Waals surface area contributed by atoms with Crippen LogP contribution in [0.4, 0.5) is 5.69 Å². The van der Waals surface area contributed by atoms with Gasteiger partial charge < -0.3 is 19.0 Å². The standard InChI is InChI=1S/C25H22ClNO6/c1-3-11-32-17-7-4-6-15(13-17)23(28)21-22(20-8-5-12-33-20)27(25(30)24(21)29)16-9-10-19(31-2)18(26)14-16/h4-10,12-14,22,28H,3,11H2,1-2H3/b23-21-. The normalized spacial score (nSPS) is 17.4. The van der Waals surface area contributed by atoms with Crippen molar-refractivity contribution in [1.82, 2.24) is 0 Å². The fourth-order valence-electron chi connectivity index (χ4n) is 3.73. The van der Waals surface area contributed by atoms with E-state index in [4.69, 9.17) is 25.5 Å². The maximum Gasteiger partial charge on any atom is 0.300 e. The third-order valence-electron chi connectivity index (χ3n) is 5.25. The number of carbonyl (C=O) groups excluding carboxylic acids is 2. The molecule has 3 aromatic rings. The Morgan fingerprint density at radius 3 is 2.64 bits per heavy atom. The number of ether oxygens (including phenoxy) is 2. The van der Waals surface area contributed by atoms with Crippen LogP contribution in [0.15, 0.2) is 70.9 Å². The second kappa shape index (κ2) is 9.42. The van der Waals surface area contributed by atoms with Gasteiger partial charge in [0.1, 0.15) is 29.1 Å². The van der Waals surface area contributed by atoms with E-state index < -0.39 is 17.7 Å². The van der Waals surface area contributed by atoms with E-state index in [0.717, 1.165) is 6.42 Å². The van der Waals surface area contributed by atoms with Crippen molar-refractivity contribution in [3.8, 4) is 11.5 Å². The molecule has 1 aliphatic rings. The number of hydrogen-bond acceptors (Lipinski definition) is 6. The molecule has 7 nitrogen and oxygen atoms in total. The van der Waals surface area contributed by atoms with Crippen molar-refractivity contribution < 1.29 is 28.6 Å². The zero-order valence-corrected chi connectivity index (χ0v) is 18.8. The van der Waals surface area contributed by atoms with Crippen LogP contribution in [0.2, 0.25) is 5.02 Å². The number of nitrogens with zero attached hydrogens (tertiary/aromatic N) is 1. The predicted octanol–water partition coefficient (Wildman–Crippen LogP) is 5.36. The molecule has 170 valence electrons. The number of hydrogen-bond donors (Lipinski definition) is 1. The van der Waals surface area contributed by atoms with Crippen LogP contribution in [-0.2, 0) is 9.59 Å². The minimum Gasteiger partial charge on any atom is -0.507 e. The van der Waals surface area contributed by atoms with Crippen molar-refractivity contribution in [2.24, 2.45) is 0 Å². The number of anilines is 1. The second-order valence-corrected chi connectivity index (χ2v) is 7.79. The molecule has 1 aromatic heterocycles.